The van der Waals surface area contributed by atoms with Crippen LogP contribution in [0.5, 0.6) is 5.75 Å². The fourth-order valence-electron chi connectivity index (χ4n) is 4.81. The van der Waals surface area contributed by atoms with Crippen molar-refractivity contribution in [1.82, 2.24) is 9.88 Å². The number of carbonyl (C=O) groups excluding carboxylic acids is 1. The average molecular weight is 503 g/mol. The number of aliphatic hydroxyl groups is 1. The van der Waals surface area contributed by atoms with Crippen LogP contribution >= 0.6 is 0 Å². The second-order valence-electron chi connectivity index (χ2n) is 9.55. The molecule has 1 aromatic heterocycles. The van der Waals surface area contributed by atoms with Crippen LogP contribution in [0.3, 0.4) is 0 Å². The summed E-state index contributed by atoms with van der Waals surface area (Å²) in [6.45, 7) is 0.696. The van der Waals surface area contributed by atoms with Crippen molar-refractivity contribution in [3.63, 3.8) is 0 Å². The number of aliphatic carboxylic acids is 1. The molecule has 0 aliphatic heterocycles. The minimum Gasteiger partial charge on any atom is -0.493 e. The number of unbranched alkanes of at least 4 members (excludes halogenated alkanes) is 2. The minimum atomic E-state index is -1.20. The van der Waals surface area contributed by atoms with E-state index in [1.807, 2.05) is 60.7 Å². The monoisotopic (exact) mass is 502 g/mol. The zero-order chi connectivity index (χ0) is 26.1. The Balaban J connectivity index is 1.49. The van der Waals surface area contributed by atoms with Crippen LogP contribution in [0.2, 0.25) is 0 Å². The van der Waals surface area contributed by atoms with Gasteiger partial charge in [0.1, 0.15) is 11.5 Å². The number of carbonyl (C=O) groups is 2. The van der Waals surface area contributed by atoms with Gasteiger partial charge in [-0.05, 0) is 86.4 Å². The summed E-state index contributed by atoms with van der Waals surface area (Å²) < 4.78 is 6.02. The maximum atomic E-state index is 13.8. The Bertz CT molecular complexity index is 1170. The highest BCUT2D eigenvalue weighted by Crippen LogP contribution is 2.36. The van der Waals surface area contributed by atoms with E-state index >= 15 is 0 Å². The quantitative estimate of drug-likeness (QED) is 0.244. The van der Waals surface area contributed by atoms with Crippen molar-refractivity contribution in [3.05, 3.63) is 84.2 Å². The van der Waals surface area contributed by atoms with Gasteiger partial charge in [-0.3, -0.25) is 14.6 Å². The highest BCUT2D eigenvalue weighted by Gasteiger charge is 2.41. The number of amides is 1. The molecule has 3 aromatic rings. The molecule has 1 heterocycles. The first-order valence-electron chi connectivity index (χ1n) is 12.9. The lowest BCUT2D eigenvalue weighted by Crippen LogP contribution is -2.49. The Kier molecular flexibility index (Phi) is 8.90. The van der Waals surface area contributed by atoms with E-state index < -0.39 is 11.7 Å². The second-order valence-corrected chi connectivity index (χ2v) is 9.55. The van der Waals surface area contributed by atoms with E-state index in [-0.39, 0.29) is 18.9 Å². The zero-order valence-corrected chi connectivity index (χ0v) is 21.0. The average Bonchev–Trinajstić information content (AvgIpc) is 3.37. The molecule has 194 valence electrons. The number of nitrogens with zero attached hydrogens (tertiary/aromatic N) is 2. The zero-order valence-electron chi connectivity index (χ0n) is 21.0. The normalized spacial score (nSPS) is 14.3. The fraction of sp³-hybridized carbons (Fsp3) is 0.367. The maximum Gasteiger partial charge on any atom is 0.303 e. The number of pyridine rings is 1. The topological polar surface area (TPSA) is 100.0 Å². The first-order chi connectivity index (χ1) is 18.0. The molecular formula is C30H34N2O5. The van der Waals surface area contributed by atoms with Gasteiger partial charge in [0.25, 0.3) is 5.91 Å². The van der Waals surface area contributed by atoms with E-state index in [9.17, 15) is 14.7 Å². The molecule has 2 N–H and O–H groups in total. The molecule has 2 aromatic carbocycles. The van der Waals surface area contributed by atoms with Crippen LogP contribution < -0.4 is 4.74 Å². The molecule has 0 radical (unpaired) electrons. The number of benzene rings is 2. The van der Waals surface area contributed by atoms with Gasteiger partial charge in [0, 0.05) is 29.9 Å². The standard InChI is InChI=1S/C30H34N2O5/c33-28(34)10-2-1-7-21-37-27-9-4-3-8-26(27)22-32(30(36)17-5-6-18-30)29(35)25-13-11-23(12-14-25)24-15-19-31-20-16-24/h3-4,8-9,11-16,19-20,36H,1-2,5-7,10,17-18,21-22H2,(H,33,34). The van der Waals surface area contributed by atoms with Crippen molar-refractivity contribution in [2.75, 3.05) is 6.61 Å². The molecule has 1 aliphatic rings. The molecule has 1 saturated carbocycles. The summed E-state index contributed by atoms with van der Waals surface area (Å²) in [6, 6.07) is 18.9. The van der Waals surface area contributed by atoms with Crippen LogP contribution in [-0.4, -0.2) is 44.3 Å². The number of rotatable bonds is 12. The second kappa shape index (κ2) is 12.5. The van der Waals surface area contributed by atoms with E-state index in [4.69, 9.17) is 9.84 Å². The first kappa shape index (κ1) is 26.4. The summed E-state index contributed by atoms with van der Waals surface area (Å²) in [7, 11) is 0. The Morgan fingerprint density at radius 3 is 2.27 bits per heavy atom. The van der Waals surface area contributed by atoms with Gasteiger partial charge in [-0.15, -0.1) is 0 Å². The molecule has 0 atom stereocenters. The first-order valence-corrected chi connectivity index (χ1v) is 12.9. The lowest BCUT2D eigenvalue weighted by Gasteiger charge is -2.37. The van der Waals surface area contributed by atoms with Crippen LogP contribution in [0, 0.1) is 0 Å². The molecule has 1 aliphatic carbocycles. The SMILES string of the molecule is O=C(O)CCCCCOc1ccccc1CN(C(=O)c1ccc(-c2ccncc2)cc1)C1(O)CCCC1. The van der Waals surface area contributed by atoms with Crippen molar-refractivity contribution in [2.24, 2.45) is 0 Å². The van der Waals surface area contributed by atoms with Gasteiger partial charge < -0.3 is 19.8 Å². The largest absolute Gasteiger partial charge is 0.493 e. The van der Waals surface area contributed by atoms with Gasteiger partial charge >= 0.3 is 5.97 Å². The lowest BCUT2D eigenvalue weighted by atomic mass is 10.0. The lowest BCUT2D eigenvalue weighted by molar-refractivity contribution is -0.137. The van der Waals surface area contributed by atoms with Crippen LogP contribution in [0.15, 0.2) is 73.1 Å². The molecule has 37 heavy (non-hydrogen) atoms. The molecule has 0 saturated heterocycles. The fourth-order valence-corrected chi connectivity index (χ4v) is 4.81. The summed E-state index contributed by atoms with van der Waals surface area (Å²) in [6.07, 6.45) is 8.60. The van der Waals surface area contributed by atoms with Crippen LogP contribution in [0.1, 0.15) is 67.3 Å². The van der Waals surface area contributed by atoms with Crippen molar-refractivity contribution < 1.29 is 24.5 Å². The van der Waals surface area contributed by atoms with E-state index in [1.165, 1.54) is 0 Å². The van der Waals surface area contributed by atoms with Crippen molar-refractivity contribution in [2.45, 2.75) is 63.6 Å². The van der Waals surface area contributed by atoms with Crippen LogP contribution in [0.25, 0.3) is 11.1 Å². The third-order valence-electron chi connectivity index (χ3n) is 6.89. The molecule has 1 fully saturated rings. The minimum absolute atomic E-state index is 0.162. The van der Waals surface area contributed by atoms with Crippen molar-refractivity contribution in [3.8, 4) is 16.9 Å². The van der Waals surface area contributed by atoms with Gasteiger partial charge in [-0.2, -0.15) is 0 Å². The number of carboxylic acid groups (broad SMARTS) is 1. The molecule has 1 amide bonds. The highest BCUT2D eigenvalue weighted by atomic mass is 16.5. The van der Waals surface area contributed by atoms with E-state index in [1.54, 1.807) is 17.3 Å². The van der Waals surface area contributed by atoms with Gasteiger partial charge in [0.2, 0.25) is 0 Å². The molecular weight excluding hydrogens is 468 g/mol. The van der Waals surface area contributed by atoms with Gasteiger partial charge in [0.05, 0.1) is 13.2 Å². The molecule has 0 unspecified atom stereocenters. The number of ether oxygens (including phenoxy) is 1. The van der Waals surface area contributed by atoms with Crippen molar-refractivity contribution in [1.29, 1.82) is 0 Å². The van der Waals surface area contributed by atoms with Gasteiger partial charge in [-0.1, -0.05) is 30.3 Å². The van der Waals surface area contributed by atoms with E-state index in [2.05, 4.69) is 4.98 Å². The molecule has 7 heteroatoms. The summed E-state index contributed by atoms with van der Waals surface area (Å²) in [5.41, 5.74) is 2.16. The number of aromatic nitrogens is 1. The molecule has 4 rings (SSSR count). The van der Waals surface area contributed by atoms with Gasteiger partial charge in [0.15, 0.2) is 0 Å². The Labute approximate surface area is 217 Å². The molecule has 7 nitrogen and oxygen atoms in total. The Morgan fingerprint density at radius 1 is 0.892 bits per heavy atom. The van der Waals surface area contributed by atoms with E-state index in [0.29, 0.717) is 37.2 Å². The Morgan fingerprint density at radius 2 is 1.57 bits per heavy atom. The number of carboxylic acids is 1. The van der Waals surface area contributed by atoms with Crippen LogP contribution in [0.4, 0.5) is 0 Å². The predicted molar refractivity (Wildman–Crippen MR) is 141 cm³/mol. The highest BCUT2D eigenvalue weighted by molar-refractivity contribution is 5.95. The van der Waals surface area contributed by atoms with Crippen molar-refractivity contribution >= 4 is 11.9 Å². The van der Waals surface area contributed by atoms with Gasteiger partial charge in [-0.25, -0.2) is 0 Å². The summed E-state index contributed by atoms with van der Waals surface area (Å²) >= 11 is 0. The number of hydrogen-bond acceptors (Lipinski definition) is 5. The number of hydrogen-bond donors (Lipinski definition) is 2. The van der Waals surface area contributed by atoms with E-state index in [0.717, 1.165) is 42.4 Å². The Hall–Kier alpha value is -3.71. The smallest absolute Gasteiger partial charge is 0.303 e. The summed E-state index contributed by atoms with van der Waals surface area (Å²) in [5.74, 6) is -0.324. The molecule has 0 spiro atoms. The van der Waals surface area contributed by atoms with Crippen LogP contribution in [-0.2, 0) is 11.3 Å². The summed E-state index contributed by atoms with van der Waals surface area (Å²) in [4.78, 5) is 30.1. The summed E-state index contributed by atoms with van der Waals surface area (Å²) in [5, 5.41) is 20.3. The third kappa shape index (κ3) is 6.95. The molecule has 0 bridgehead atoms. The predicted octanol–water partition coefficient (Wildman–Crippen LogP) is 5.68. The maximum absolute atomic E-state index is 13.8. The third-order valence-corrected chi connectivity index (χ3v) is 6.89. The number of para-hydroxylation sites is 1.